The summed E-state index contributed by atoms with van der Waals surface area (Å²) >= 11 is 0. The smallest absolute Gasteiger partial charge is 0.348 e. The quantitative estimate of drug-likeness (QED) is 0.399. The molecule has 0 saturated heterocycles. The van der Waals surface area contributed by atoms with Crippen molar-refractivity contribution in [3.8, 4) is 0 Å². The number of nitrogens with zero attached hydrogens (tertiary/aromatic N) is 2. The monoisotopic (exact) mass is 482 g/mol. The Morgan fingerprint density at radius 3 is 2.60 bits per heavy atom. The number of alkyl halides is 3. The molecule has 35 heavy (non-hydrogen) atoms. The summed E-state index contributed by atoms with van der Waals surface area (Å²) in [5, 5.41) is 3.60. The van der Waals surface area contributed by atoms with Crippen LogP contribution in [0.15, 0.2) is 59.5 Å². The van der Waals surface area contributed by atoms with Crippen LogP contribution in [-0.4, -0.2) is 20.4 Å². The van der Waals surface area contributed by atoms with Crippen LogP contribution in [-0.2, 0) is 19.1 Å². The predicted molar refractivity (Wildman–Crippen MR) is 127 cm³/mol. The van der Waals surface area contributed by atoms with E-state index < -0.39 is 17.4 Å². The van der Waals surface area contributed by atoms with E-state index in [1.165, 1.54) is 12.1 Å². The number of benzene rings is 1. The molecule has 2 N–H and O–H groups in total. The highest BCUT2D eigenvalue weighted by atomic mass is 19.4. The molecule has 0 fully saturated rings. The lowest BCUT2D eigenvalue weighted by molar-refractivity contribution is -0.141. The fraction of sp³-hybridized carbons (Fsp3) is 0.269. The SMILES string of the molecule is Cc1cc(Cc2cccc(C(F)(F)F)n2)c(CNC(=O)c2cccc3c2ccn3C(C)C)c(=O)[nH]1. The van der Waals surface area contributed by atoms with Gasteiger partial charge in [0.2, 0.25) is 0 Å². The molecule has 3 heterocycles. The molecule has 1 amide bonds. The number of aryl methyl sites for hydroxylation is 1. The van der Waals surface area contributed by atoms with Crippen molar-refractivity contribution in [2.75, 3.05) is 0 Å². The standard InChI is InChI=1S/C26H25F3N4O2/c1-15(2)33-11-10-19-20(7-5-8-22(19)33)24(34)30-14-21-17(12-16(3)31-25(21)35)13-18-6-4-9-23(32-18)26(27,28)29/h4-12,15H,13-14H2,1-3H3,(H,30,34)(H,31,35). The number of pyridine rings is 2. The summed E-state index contributed by atoms with van der Waals surface area (Å²) in [4.78, 5) is 32.2. The van der Waals surface area contributed by atoms with Crippen LogP contribution in [0.5, 0.6) is 0 Å². The Balaban J connectivity index is 1.61. The van der Waals surface area contributed by atoms with Crippen molar-refractivity contribution in [3.05, 3.63) is 98.9 Å². The fourth-order valence-electron chi connectivity index (χ4n) is 4.17. The van der Waals surface area contributed by atoms with Crippen molar-refractivity contribution in [1.29, 1.82) is 0 Å². The van der Waals surface area contributed by atoms with Gasteiger partial charge in [0.15, 0.2) is 0 Å². The second-order valence-electron chi connectivity index (χ2n) is 8.71. The number of H-pyrrole nitrogens is 1. The number of amides is 1. The number of hydrogen-bond acceptors (Lipinski definition) is 3. The van der Waals surface area contributed by atoms with Gasteiger partial charge in [0.05, 0.1) is 0 Å². The minimum absolute atomic E-state index is 0.0205. The molecular weight excluding hydrogens is 457 g/mol. The van der Waals surface area contributed by atoms with Crippen molar-refractivity contribution >= 4 is 16.8 Å². The molecule has 4 rings (SSSR count). The van der Waals surface area contributed by atoms with Gasteiger partial charge < -0.3 is 14.9 Å². The summed E-state index contributed by atoms with van der Waals surface area (Å²) in [6.07, 6.45) is -2.61. The van der Waals surface area contributed by atoms with Gasteiger partial charge in [0.25, 0.3) is 11.5 Å². The van der Waals surface area contributed by atoms with E-state index in [2.05, 4.69) is 33.7 Å². The van der Waals surface area contributed by atoms with Crippen molar-refractivity contribution in [2.24, 2.45) is 0 Å². The van der Waals surface area contributed by atoms with Crippen LogP contribution in [0.3, 0.4) is 0 Å². The third-order valence-electron chi connectivity index (χ3n) is 5.82. The molecule has 182 valence electrons. The van der Waals surface area contributed by atoms with E-state index in [0.717, 1.165) is 17.0 Å². The highest BCUT2D eigenvalue weighted by Crippen LogP contribution is 2.28. The zero-order chi connectivity index (χ0) is 25.3. The molecule has 0 aliphatic heterocycles. The summed E-state index contributed by atoms with van der Waals surface area (Å²) in [6, 6.07) is 12.9. The van der Waals surface area contributed by atoms with Crippen LogP contribution in [0.1, 0.15) is 58.5 Å². The summed E-state index contributed by atoms with van der Waals surface area (Å²) in [6.45, 7) is 5.71. The lowest BCUT2D eigenvalue weighted by Gasteiger charge is -2.13. The summed E-state index contributed by atoms with van der Waals surface area (Å²) in [7, 11) is 0. The number of aromatic amines is 1. The van der Waals surface area contributed by atoms with E-state index >= 15 is 0 Å². The molecule has 3 aromatic heterocycles. The molecule has 0 saturated carbocycles. The van der Waals surface area contributed by atoms with Crippen LogP contribution >= 0.6 is 0 Å². The van der Waals surface area contributed by atoms with E-state index in [1.807, 2.05) is 18.3 Å². The average Bonchev–Trinajstić information content (AvgIpc) is 3.22. The molecule has 9 heteroatoms. The number of fused-ring (bicyclic) bond motifs is 1. The van der Waals surface area contributed by atoms with Gasteiger partial charge in [-0.2, -0.15) is 13.2 Å². The van der Waals surface area contributed by atoms with E-state index in [4.69, 9.17) is 0 Å². The molecule has 0 unspecified atom stereocenters. The van der Waals surface area contributed by atoms with Crippen LogP contribution in [0.25, 0.3) is 10.9 Å². The second-order valence-corrected chi connectivity index (χ2v) is 8.71. The average molecular weight is 483 g/mol. The molecule has 0 atom stereocenters. The highest BCUT2D eigenvalue weighted by molar-refractivity contribution is 6.06. The first-order valence-corrected chi connectivity index (χ1v) is 11.2. The Morgan fingerprint density at radius 2 is 1.89 bits per heavy atom. The molecule has 0 aliphatic rings. The van der Waals surface area contributed by atoms with Gasteiger partial charge in [0, 0.05) is 58.6 Å². The van der Waals surface area contributed by atoms with Gasteiger partial charge in [-0.1, -0.05) is 12.1 Å². The molecule has 0 bridgehead atoms. The number of hydrogen-bond donors (Lipinski definition) is 2. The third kappa shape index (κ3) is 5.13. The van der Waals surface area contributed by atoms with Crippen LogP contribution in [0.4, 0.5) is 13.2 Å². The van der Waals surface area contributed by atoms with E-state index in [0.29, 0.717) is 16.8 Å². The van der Waals surface area contributed by atoms with Gasteiger partial charge in [-0.25, -0.2) is 4.98 Å². The Kier molecular flexibility index (Phi) is 6.51. The van der Waals surface area contributed by atoms with Gasteiger partial charge >= 0.3 is 6.18 Å². The molecule has 6 nitrogen and oxygen atoms in total. The lowest BCUT2D eigenvalue weighted by atomic mass is 10.0. The number of carbonyl (C=O) groups is 1. The molecule has 0 radical (unpaired) electrons. The van der Waals surface area contributed by atoms with E-state index in [-0.39, 0.29) is 36.2 Å². The fourth-order valence-corrected chi connectivity index (χ4v) is 4.17. The predicted octanol–water partition coefficient (Wildman–Crippen LogP) is 5.15. The zero-order valence-corrected chi connectivity index (χ0v) is 19.5. The lowest BCUT2D eigenvalue weighted by Crippen LogP contribution is -2.28. The van der Waals surface area contributed by atoms with Crippen LogP contribution in [0, 0.1) is 6.92 Å². The Bertz CT molecular complexity index is 1450. The van der Waals surface area contributed by atoms with Crippen molar-refractivity contribution in [2.45, 2.75) is 46.0 Å². The number of halogens is 3. The molecule has 0 spiro atoms. The molecular formula is C26H25F3N4O2. The first kappa shape index (κ1) is 24.3. The Morgan fingerprint density at radius 1 is 1.14 bits per heavy atom. The maximum Gasteiger partial charge on any atom is 0.433 e. The zero-order valence-electron chi connectivity index (χ0n) is 19.5. The first-order valence-electron chi connectivity index (χ1n) is 11.2. The minimum atomic E-state index is -4.56. The first-order chi connectivity index (χ1) is 16.5. The minimum Gasteiger partial charge on any atom is -0.348 e. The topological polar surface area (TPSA) is 79.8 Å². The molecule has 0 aliphatic carbocycles. The summed E-state index contributed by atoms with van der Waals surface area (Å²) in [5.74, 6) is -0.347. The van der Waals surface area contributed by atoms with Crippen LogP contribution < -0.4 is 10.9 Å². The van der Waals surface area contributed by atoms with Gasteiger partial charge in [-0.15, -0.1) is 0 Å². The molecule has 1 aromatic carbocycles. The largest absolute Gasteiger partial charge is 0.433 e. The second kappa shape index (κ2) is 9.40. The third-order valence-corrected chi connectivity index (χ3v) is 5.82. The normalized spacial score (nSPS) is 11.9. The van der Waals surface area contributed by atoms with Crippen molar-refractivity contribution in [1.82, 2.24) is 19.9 Å². The summed E-state index contributed by atoms with van der Waals surface area (Å²) in [5.41, 5.74) is 1.52. The number of rotatable bonds is 6. The van der Waals surface area contributed by atoms with Crippen LogP contribution in [0.2, 0.25) is 0 Å². The number of nitrogens with one attached hydrogen (secondary N) is 2. The van der Waals surface area contributed by atoms with Gasteiger partial charge in [-0.3, -0.25) is 9.59 Å². The maximum atomic E-state index is 13.1. The van der Waals surface area contributed by atoms with Crippen molar-refractivity contribution in [3.63, 3.8) is 0 Å². The number of carbonyl (C=O) groups excluding carboxylic acids is 1. The maximum absolute atomic E-state index is 13.1. The van der Waals surface area contributed by atoms with Gasteiger partial charge in [-0.05, 0) is 62.7 Å². The Labute approximate surface area is 199 Å². The number of aromatic nitrogens is 3. The molecule has 4 aromatic rings. The summed E-state index contributed by atoms with van der Waals surface area (Å²) < 4.78 is 41.3. The van der Waals surface area contributed by atoms with E-state index in [1.54, 1.807) is 25.1 Å². The van der Waals surface area contributed by atoms with Gasteiger partial charge in [0.1, 0.15) is 5.69 Å². The van der Waals surface area contributed by atoms with Crippen molar-refractivity contribution < 1.29 is 18.0 Å². The van der Waals surface area contributed by atoms with E-state index in [9.17, 15) is 22.8 Å². The highest BCUT2D eigenvalue weighted by Gasteiger charge is 2.32. The Hall–Kier alpha value is -3.88.